The molecule has 3 heteroatoms. The van der Waals surface area contributed by atoms with E-state index >= 15 is 0 Å². The molecule has 1 saturated heterocycles. The van der Waals surface area contributed by atoms with Crippen molar-refractivity contribution in [2.75, 3.05) is 20.2 Å². The van der Waals surface area contributed by atoms with Crippen LogP contribution in [0, 0.1) is 0 Å². The molecule has 1 aromatic rings. The summed E-state index contributed by atoms with van der Waals surface area (Å²) in [6.07, 6.45) is 0. The SMILES string of the molecule is COc1cccc(C2CNC2)c1O. The van der Waals surface area contributed by atoms with E-state index in [-0.39, 0.29) is 5.75 Å². The summed E-state index contributed by atoms with van der Waals surface area (Å²) in [5.41, 5.74) is 0.984. The van der Waals surface area contributed by atoms with Crippen molar-refractivity contribution in [3.63, 3.8) is 0 Å². The molecule has 3 nitrogen and oxygen atoms in total. The van der Waals surface area contributed by atoms with Crippen LogP contribution in [0.15, 0.2) is 18.2 Å². The predicted molar refractivity (Wildman–Crippen MR) is 50.3 cm³/mol. The zero-order valence-electron chi connectivity index (χ0n) is 7.58. The summed E-state index contributed by atoms with van der Waals surface area (Å²) in [6.45, 7) is 1.89. The van der Waals surface area contributed by atoms with Crippen molar-refractivity contribution in [3.05, 3.63) is 23.8 Å². The van der Waals surface area contributed by atoms with Crippen LogP contribution in [-0.2, 0) is 0 Å². The second kappa shape index (κ2) is 3.26. The van der Waals surface area contributed by atoms with Gasteiger partial charge in [-0.1, -0.05) is 12.1 Å². The van der Waals surface area contributed by atoms with Gasteiger partial charge in [-0.3, -0.25) is 0 Å². The Morgan fingerprint density at radius 3 is 2.77 bits per heavy atom. The van der Waals surface area contributed by atoms with Crippen molar-refractivity contribution in [3.8, 4) is 11.5 Å². The molecule has 0 bridgehead atoms. The molecule has 0 atom stereocenters. The number of methoxy groups -OCH3 is 1. The highest BCUT2D eigenvalue weighted by atomic mass is 16.5. The van der Waals surface area contributed by atoms with E-state index in [0.717, 1.165) is 18.7 Å². The minimum atomic E-state index is 0.288. The molecule has 1 aliphatic rings. The largest absolute Gasteiger partial charge is 0.504 e. The molecular formula is C10H13NO2. The number of phenols is 1. The Morgan fingerprint density at radius 2 is 2.23 bits per heavy atom. The fourth-order valence-corrected chi connectivity index (χ4v) is 1.54. The first-order valence-electron chi connectivity index (χ1n) is 4.39. The minimum Gasteiger partial charge on any atom is -0.504 e. The monoisotopic (exact) mass is 179 g/mol. The summed E-state index contributed by atoms with van der Waals surface area (Å²) in [5.74, 6) is 1.29. The summed E-state index contributed by atoms with van der Waals surface area (Å²) < 4.78 is 5.03. The lowest BCUT2D eigenvalue weighted by Gasteiger charge is -2.28. The van der Waals surface area contributed by atoms with Crippen LogP contribution in [0.5, 0.6) is 11.5 Å². The van der Waals surface area contributed by atoms with Crippen LogP contribution in [0.1, 0.15) is 11.5 Å². The van der Waals surface area contributed by atoms with Crippen molar-refractivity contribution in [2.45, 2.75) is 5.92 Å². The van der Waals surface area contributed by atoms with E-state index in [2.05, 4.69) is 5.32 Å². The number of rotatable bonds is 2. The maximum Gasteiger partial charge on any atom is 0.161 e. The van der Waals surface area contributed by atoms with Crippen molar-refractivity contribution in [1.29, 1.82) is 0 Å². The smallest absolute Gasteiger partial charge is 0.161 e. The van der Waals surface area contributed by atoms with Crippen LogP contribution >= 0.6 is 0 Å². The summed E-state index contributed by atoms with van der Waals surface area (Å²) in [6, 6.07) is 5.63. The molecule has 1 heterocycles. The van der Waals surface area contributed by atoms with Gasteiger partial charge in [-0.15, -0.1) is 0 Å². The quantitative estimate of drug-likeness (QED) is 0.714. The molecule has 1 aromatic carbocycles. The first kappa shape index (κ1) is 8.38. The first-order valence-corrected chi connectivity index (χ1v) is 4.39. The highest BCUT2D eigenvalue weighted by Gasteiger charge is 2.22. The lowest BCUT2D eigenvalue weighted by molar-refractivity contribution is 0.360. The molecule has 0 spiro atoms. The average Bonchev–Trinajstić information content (AvgIpc) is 2.05. The second-order valence-electron chi connectivity index (χ2n) is 3.25. The van der Waals surface area contributed by atoms with Gasteiger partial charge in [0.05, 0.1) is 7.11 Å². The van der Waals surface area contributed by atoms with Crippen LogP contribution in [0.25, 0.3) is 0 Å². The Kier molecular flexibility index (Phi) is 2.10. The maximum absolute atomic E-state index is 9.77. The average molecular weight is 179 g/mol. The van der Waals surface area contributed by atoms with Gasteiger partial charge < -0.3 is 15.2 Å². The fourth-order valence-electron chi connectivity index (χ4n) is 1.54. The predicted octanol–water partition coefficient (Wildman–Crippen LogP) is 1.09. The van der Waals surface area contributed by atoms with Crippen molar-refractivity contribution in [2.24, 2.45) is 0 Å². The molecule has 1 aliphatic heterocycles. The number of phenolic OH excluding ortho intramolecular Hbond substituents is 1. The van der Waals surface area contributed by atoms with E-state index in [1.807, 2.05) is 12.1 Å². The Morgan fingerprint density at radius 1 is 1.46 bits per heavy atom. The van der Waals surface area contributed by atoms with Crippen LogP contribution in [0.2, 0.25) is 0 Å². The lowest BCUT2D eigenvalue weighted by atomic mass is 9.93. The molecule has 2 N–H and O–H groups in total. The van der Waals surface area contributed by atoms with Crippen molar-refractivity contribution >= 4 is 0 Å². The normalized spacial score (nSPS) is 16.7. The second-order valence-corrected chi connectivity index (χ2v) is 3.25. The molecule has 0 aromatic heterocycles. The van der Waals surface area contributed by atoms with Gasteiger partial charge in [-0.05, 0) is 6.07 Å². The van der Waals surface area contributed by atoms with Crippen LogP contribution in [0.3, 0.4) is 0 Å². The Hall–Kier alpha value is -1.22. The zero-order valence-corrected chi connectivity index (χ0v) is 7.58. The van der Waals surface area contributed by atoms with Gasteiger partial charge in [0.1, 0.15) is 0 Å². The van der Waals surface area contributed by atoms with Gasteiger partial charge in [0.2, 0.25) is 0 Å². The summed E-state index contributed by atoms with van der Waals surface area (Å²) in [7, 11) is 1.57. The number of ether oxygens (including phenoxy) is 1. The topological polar surface area (TPSA) is 41.5 Å². The van der Waals surface area contributed by atoms with Gasteiger partial charge in [0.15, 0.2) is 11.5 Å². The summed E-state index contributed by atoms with van der Waals surface area (Å²) >= 11 is 0. The molecule has 0 aliphatic carbocycles. The number of benzene rings is 1. The van der Waals surface area contributed by atoms with Gasteiger partial charge in [-0.2, -0.15) is 0 Å². The van der Waals surface area contributed by atoms with E-state index in [1.165, 1.54) is 0 Å². The van der Waals surface area contributed by atoms with E-state index in [9.17, 15) is 5.11 Å². The summed E-state index contributed by atoms with van der Waals surface area (Å²) in [5, 5.41) is 12.9. The number of hydrogen-bond acceptors (Lipinski definition) is 3. The standard InChI is InChI=1S/C10H13NO2/c1-13-9-4-2-3-8(10(9)12)7-5-11-6-7/h2-4,7,11-12H,5-6H2,1H3. The number of para-hydroxylation sites is 1. The third-order valence-electron chi connectivity index (χ3n) is 2.47. The van der Waals surface area contributed by atoms with E-state index in [0.29, 0.717) is 11.7 Å². The van der Waals surface area contributed by atoms with Gasteiger partial charge in [0, 0.05) is 24.6 Å². The number of aromatic hydroxyl groups is 1. The van der Waals surface area contributed by atoms with Crippen LogP contribution < -0.4 is 10.1 Å². The number of nitrogens with one attached hydrogen (secondary N) is 1. The molecule has 0 saturated carbocycles. The Bertz CT molecular complexity index is 308. The van der Waals surface area contributed by atoms with Crippen LogP contribution in [0.4, 0.5) is 0 Å². The molecule has 0 unspecified atom stereocenters. The van der Waals surface area contributed by atoms with Crippen molar-refractivity contribution < 1.29 is 9.84 Å². The lowest BCUT2D eigenvalue weighted by Crippen LogP contribution is -2.39. The van der Waals surface area contributed by atoms with E-state index < -0.39 is 0 Å². The number of hydrogen-bond donors (Lipinski definition) is 2. The minimum absolute atomic E-state index is 0.288. The molecule has 1 fully saturated rings. The first-order chi connectivity index (χ1) is 6.33. The Labute approximate surface area is 77.3 Å². The van der Waals surface area contributed by atoms with E-state index in [1.54, 1.807) is 13.2 Å². The fraction of sp³-hybridized carbons (Fsp3) is 0.400. The third kappa shape index (κ3) is 1.35. The summed E-state index contributed by atoms with van der Waals surface area (Å²) in [4.78, 5) is 0. The van der Waals surface area contributed by atoms with Crippen LogP contribution in [-0.4, -0.2) is 25.3 Å². The Balaban J connectivity index is 2.33. The molecule has 13 heavy (non-hydrogen) atoms. The maximum atomic E-state index is 9.77. The molecule has 0 amide bonds. The third-order valence-corrected chi connectivity index (χ3v) is 2.47. The highest BCUT2D eigenvalue weighted by Crippen LogP contribution is 2.35. The van der Waals surface area contributed by atoms with Gasteiger partial charge >= 0.3 is 0 Å². The molecule has 0 radical (unpaired) electrons. The zero-order chi connectivity index (χ0) is 9.26. The molecule has 70 valence electrons. The molecule has 2 rings (SSSR count). The highest BCUT2D eigenvalue weighted by molar-refractivity contribution is 5.47. The van der Waals surface area contributed by atoms with Gasteiger partial charge in [0.25, 0.3) is 0 Å². The molecular weight excluding hydrogens is 166 g/mol. The van der Waals surface area contributed by atoms with Crippen molar-refractivity contribution in [1.82, 2.24) is 5.32 Å². The van der Waals surface area contributed by atoms with E-state index in [4.69, 9.17) is 4.74 Å². The van der Waals surface area contributed by atoms with Gasteiger partial charge in [-0.25, -0.2) is 0 Å².